The minimum Gasteiger partial charge on any atom is -0.378 e. The average molecular weight is 341 g/mol. The zero-order chi connectivity index (χ0) is 14.3. The van der Waals surface area contributed by atoms with Crippen LogP contribution in [0.5, 0.6) is 0 Å². The molecule has 1 aromatic rings. The summed E-state index contributed by atoms with van der Waals surface area (Å²) in [5, 5.41) is 3.36. The SMILES string of the molecule is Cl.c1ccc(N=C(N=C2CSCCN2)N2CCOCC2)cc1. The van der Waals surface area contributed by atoms with Crippen LogP contribution >= 0.6 is 24.2 Å². The molecular formula is C15H21ClN4OS. The summed E-state index contributed by atoms with van der Waals surface area (Å²) in [6, 6.07) is 10.0. The first-order chi connectivity index (χ1) is 10.4. The normalized spacial score (nSPS) is 21.2. The van der Waals surface area contributed by atoms with Gasteiger partial charge in [-0.15, -0.1) is 12.4 Å². The zero-order valence-corrected chi connectivity index (χ0v) is 14.0. The lowest BCUT2D eigenvalue weighted by Gasteiger charge is -2.28. The standard InChI is InChI=1S/C15H20N4OS.ClH/c1-2-4-13(5-3-1)17-15(19-7-9-20-10-8-19)18-14-12-21-11-6-16-14;/h1-5H,6-12H2,(H,16,17,18);1H. The van der Waals surface area contributed by atoms with Crippen LogP contribution in [0.4, 0.5) is 5.69 Å². The predicted molar refractivity (Wildman–Crippen MR) is 95.9 cm³/mol. The Morgan fingerprint density at radius 1 is 1.18 bits per heavy atom. The lowest BCUT2D eigenvalue weighted by Crippen LogP contribution is -2.42. The quantitative estimate of drug-likeness (QED) is 0.628. The van der Waals surface area contributed by atoms with Gasteiger partial charge in [0.05, 0.1) is 24.7 Å². The van der Waals surface area contributed by atoms with Crippen LogP contribution in [0.3, 0.4) is 0 Å². The summed E-state index contributed by atoms with van der Waals surface area (Å²) >= 11 is 1.91. The Morgan fingerprint density at radius 3 is 2.64 bits per heavy atom. The molecule has 0 saturated carbocycles. The molecule has 3 rings (SSSR count). The molecule has 0 aromatic heterocycles. The van der Waals surface area contributed by atoms with Crippen molar-refractivity contribution in [2.45, 2.75) is 0 Å². The van der Waals surface area contributed by atoms with Gasteiger partial charge < -0.3 is 15.0 Å². The molecule has 5 nitrogen and oxygen atoms in total. The van der Waals surface area contributed by atoms with Crippen molar-refractivity contribution in [2.75, 3.05) is 44.4 Å². The maximum absolute atomic E-state index is 5.43. The number of nitrogens with one attached hydrogen (secondary N) is 1. The minimum absolute atomic E-state index is 0. The van der Waals surface area contributed by atoms with E-state index in [0.717, 1.165) is 61.8 Å². The van der Waals surface area contributed by atoms with Crippen molar-refractivity contribution in [3.8, 4) is 0 Å². The number of morpholine rings is 1. The number of aliphatic imine (C=N–C) groups is 2. The molecule has 1 N–H and O–H groups in total. The van der Waals surface area contributed by atoms with Gasteiger partial charge in [0.2, 0.25) is 5.96 Å². The van der Waals surface area contributed by atoms with Gasteiger partial charge in [-0.2, -0.15) is 16.8 Å². The van der Waals surface area contributed by atoms with Gasteiger partial charge in [-0.1, -0.05) is 18.2 Å². The molecule has 22 heavy (non-hydrogen) atoms. The fourth-order valence-corrected chi connectivity index (χ4v) is 2.98. The summed E-state index contributed by atoms with van der Waals surface area (Å²) in [7, 11) is 0. The third kappa shape index (κ3) is 4.90. The van der Waals surface area contributed by atoms with E-state index in [9.17, 15) is 0 Å². The second-order valence-corrected chi connectivity index (χ2v) is 5.99. The van der Waals surface area contributed by atoms with Crippen LogP contribution in [0.25, 0.3) is 0 Å². The fourth-order valence-electron chi connectivity index (χ4n) is 2.23. The number of ether oxygens (including phenoxy) is 1. The molecule has 2 saturated heterocycles. The van der Waals surface area contributed by atoms with E-state index in [-0.39, 0.29) is 12.4 Å². The van der Waals surface area contributed by atoms with Crippen molar-refractivity contribution in [1.29, 1.82) is 0 Å². The molecule has 0 unspecified atom stereocenters. The number of hydrogen-bond donors (Lipinski definition) is 1. The Kier molecular flexibility index (Phi) is 7.02. The van der Waals surface area contributed by atoms with E-state index in [1.54, 1.807) is 0 Å². The molecule has 0 aliphatic carbocycles. The Balaban J connectivity index is 0.00000176. The number of para-hydroxylation sites is 1. The average Bonchev–Trinajstić information content (AvgIpc) is 2.57. The summed E-state index contributed by atoms with van der Waals surface area (Å²) in [5.74, 6) is 3.88. The van der Waals surface area contributed by atoms with Crippen LogP contribution in [0, 0.1) is 0 Å². The summed E-state index contributed by atoms with van der Waals surface area (Å²) in [6.45, 7) is 4.14. The highest BCUT2D eigenvalue weighted by molar-refractivity contribution is 8.00. The second kappa shape index (κ2) is 9.02. The van der Waals surface area contributed by atoms with E-state index in [1.807, 2.05) is 42.1 Å². The highest BCUT2D eigenvalue weighted by Crippen LogP contribution is 2.13. The summed E-state index contributed by atoms with van der Waals surface area (Å²) < 4.78 is 5.43. The maximum atomic E-state index is 5.43. The molecule has 2 heterocycles. The number of thioether (sulfide) groups is 1. The fraction of sp³-hybridized carbons (Fsp3) is 0.467. The molecule has 7 heteroatoms. The first kappa shape index (κ1) is 17.1. The Hall–Kier alpha value is -1.24. The van der Waals surface area contributed by atoms with Gasteiger partial charge in [0.1, 0.15) is 5.84 Å². The molecule has 2 fully saturated rings. The van der Waals surface area contributed by atoms with Crippen molar-refractivity contribution in [1.82, 2.24) is 10.2 Å². The molecule has 0 bridgehead atoms. The number of guanidine groups is 1. The molecule has 0 spiro atoms. The lowest BCUT2D eigenvalue weighted by molar-refractivity contribution is 0.0676. The molecule has 1 aromatic carbocycles. The first-order valence-electron chi connectivity index (χ1n) is 7.27. The van der Waals surface area contributed by atoms with Gasteiger partial charge in [-0.25, -0.2) is 4.99 Å². The molecule has 0 radical (unpaired) electrons. The van der Waals surface area contributed by atoms with Crippen LogP contribution in [0.2, 0.25) is 0 Å². The molecule has 2 aliphatic rings. The minimum atomic E-state index is 0. The van der Waals surface area contributed by atoms with Gasteiger partial charge in [0, 0.05) is 25.4 Å². The zero-order valence-electron chi connectivity index (χ0n) is 12.4. The largest absolute Gasteiger partial charge is 0.378 e. The second-order valence-electron chi connectivity index (χ2n) is 4.88. The number of amidine groups is 1. The summed E-state index contributed by atoms with van der Waals surface area (Å²) in [5.41, 5.74) is 0.937. The topological polar surface area (TPSA) is 49.2 Å². The Morgan fingerprint density at radius 2 is 1.95 bits per heavy atom. The van der Waals surface area contributed by atoms with Crippen molar-refractivity contribution >= 4 is 41.7 Å². The number of rotatable bonds is 1. The van der Waals surface area contributed by atoms with E-state index < -0.39 is 0 Å². The van der Waals surface area contributed by atoms with E-state index in [0.29, 0.717) is 0 Å². The van der Waals surface area contributed by atoms with Crippen molar-refractivity contribution in [2.24, 2.45) is 9.98 Å². The Labute approximate surface area is 141 Å². The van der Waals surface area contributed by atoms with Crippen molar-refractivity contribution in [3.63, 3.8) is 0 Å². The number of benzene rings is 1. The van der Waals surface area contributed by atoms with Crippen LogP contribution < -0.4 is 5.32 Å². The lowest BCUT2D eigenvalue weighted by atomic mass is 10.3. The monoisotopic (exact) mass is 340 g/mol. The van der Waals surface area contributed by atoms with Gasteiger partial charge in [-0.05, 0) is 12.1 Å². The first-order valence-corrected chi connectivity index (χ1v) is 8.43. The van der Waals surface area contributed by atoms with E-state index in [1.165, 1.54) is 0 Å². The highest BCUT2D eigenvalue weighted by atomic mass is 35.5. The molecule has 0 amide bonds. The summed E-state index contributed by atoms with van der Waals surface area (Å²) in [6.07, 6.45) is 0. The van der Waals surface area contributed by atoms with Crippen LogP contribution in [0.1, 0.15) is 0 Å². The maximum Gasteiger partial charge on any atom is 0.227 e. The third-order valence-corrected chi connectivity index (χ3v) is 4.30. The van der Waals surface area contributed by atoms with Gasteiger partial charge in [0.25, 0.3) is 0 Å². The molecule has 2 aliphatic heterocycles. The van der Waals surface area contributed by atoms with E-state index in [2.05, 4.69) is 10.2 Å². The summed E-state index contributed by atoms with van der Waals surface area (Å²) in [4.78, 5) is 11.7. The number of nitrogens with zero attached hydrogens (tertiary/aromatic N) is 3. The van der Waals surface area contributed by atoms with Gasteiger partial charge >= 0.3 is 0 Å². The highest BCUT2D eigenvalue weighted by Gasteiger charge is 2.16. The molecule has 120 valence electrons. The number of hydrogen-bond acceptors (Lipinski definition) is 3. The predicted octanol–water partition coefficient (Wildman–Crippen LogP) is 2.16. The third-order valence-electron chi connectivity index (χ3n) is 3.33. The van der Waals surface area contributed by atoms with Crippen molar-refractivity contribution < 1.29 is 4.74 Å². The van der Waals surface area contributed by atoms with E-state index >= 15 is 0 Å². The number of halogens is 1. The van der Waals surface area contributed by atoms with Gasteiger partial charge in [-0.3, -0.25) is 0 Å². The van der Waals surface area contributed by atoms with Crippen LogP contribution in [-0.4, -0.2) is 61.0 Å². The van der Waals surface area contributed by atoms with Gasteiger partial charge in [0.15, 0.2) is 0 Å². The van der Waals surface area contributed by atoms with Crippen LogP contribution in [0.15, 0.2) is 40.3 Å². The smallest absolute Gasteiger partial charge is 0.227 e. The Bertz CT molecular complexity index is 510. The molecule has 0 atom stereocenters. The van der Waals surface area contributed by atoms with Crippen molar-refractivity contribution in [3.05, 3.63) is 30.3 Å². The van der Waals surface area contributed by atoms with E-state index in [4.69, 9.17) is 14.7 Å². The molecular weight excluding hydrogens is 320 g/mol. The van der Waals surface area contributed by atoms with Crippen LogP contribution in [-0.2, 0) is 4.74 Å².